The number of nitrogens with one attached hydrogen (secondary N) is 1. The molecule has 0 rings (SSSR count). The molecule has 0 heterocycles. The quantitative estimate of drug-likeness (QED) is 0.310. The van der Waals surface area contributed by atoms with Crippen molar-refractivity contribution in [3.8, 4) is 0 Å². The molecule has 15 heavy (non-hydrogen) atoms. The third-order valence-corrected chi connectivity index (χ3v) is 2.20. The minimum absolute atomic E-state index is 0.241. The fourth-order valence-corrected chi connectivity index (χ4v) is 1.34. The number of nitrogens with two attached hydrogens (primary N) is 1. The van der Waals surface area contributed by atoms with Crippen LogP contribution in [-0.4, -0.2) is 57.4 Å². The molecule has 6 nitrogen and oxygen atoms in total. The Labute approximate surface area is 90.7 Å². The van der Waals surface area contributed by atoms with Gasteiger partial charge >= 0.3 is 0 Å². The highest BCUT2D eigenvalue weighted by molar-refractivity contribution is 5.81. The molecule has 0 aromatic heterocycles. The molecule has 1 amide bonds. The van der Waals surface area contributed by atoms with Crippen LogP contribution in [0, 0.1) is 0 Å². The molecule has 1 unspecified atom stereocenters. The smallest absolute Gasteiger partial charge is 0.253 e. The van der Waals surface area contributed by atoms with Gasteiger partial charge in [0, 0.05) is 20.8 Å². The van der Waals surface area contributed by atoms with Crippen LogP contribution in [0.3, 0.4) is 0 Å². The summed E-state index contributed by atoms with van der Waals surface area (Å²) in [5.41, 5.74) is 2.14. The number of nitrogens with zero attached hydrogens (tertiary/aromatic N) is 1. The van der Waals surface area contributed by atoms with Crippen molar-refractivity contribution in [1.82, 2.24) is 10.3 Å². The van der Waals surface area contributed by atoms with Gasteiger partial charge in [-0.2, -0.15) is 0 Å². The SMILES string of the molecule is CCN(CCOC)C(COC)C(=O)NN. The summed E-state index contributed by atoms with van der Waals surface area (Å²) < 4.78 is 9.96. The molecule has 0 saturated carbocycles. The summed E-state index contributed by atoms with van der Waals surface area (Å²) in [6, 6.07) is -0.361. The van der Waals surface area contributed by atoms with Crippen molar-refractivity contribution in [2.75, 3.05) is 40.5 Å². The van der Waals surface area contributed by atoms with Crippen molar-refractivity contribution < 1.29 is 14.3 Å². The standard InChI is InChI=1S/C9H21N3O3/c1-4-12(5-6-14-2)8(7-15-3)9(13)11-10/h8H,4-7,10H2,1-3H3,(H,11,13). The molecule has 0 aromatic rings. The van der Waals surface area contributed by atoms with E-state index in [1.165, 1.54) is 0 Å². The summed E-state index contributed by atoms with van der Waals surface area (Å²) in [6.07, 6.45) is 0. The lowest BCUT2D eigenvalue weighted by Crippen LogP contribution is -2.52. The highest BCUT2D eigenvalue weighted by Gasteiger charge is 2.23. The lowest BCUT2D eigenvalue weighted by Gasteiger charge is -2.28. The van der Waals surface area contributed by atoms with Gasteiger partial charge in [0.1, 0.15) is 6.04 Å². The van der Waals surface area contributed by atoms with Crippen LogP contribution in [0.25, 0.3) is 0 Å². The van der Waals surface area contributed by atoms with Gasteiger partial charge in [0.05, 0.1) is 13.2 Å². The maximum absolute atomic E-state index is 11.5. The number of amides is 1. The molecule has 0 saturated heterocycles. The highest BCUT2D eigenvalue weighted by atomic mass is 16.5. The summed E-state index contributed by atoms with van der Waals surface area (Å²) in [5, 5.41) is 0. The van der Waals surface area contributed by atoms with E-state index < -0.39 is 0 Å². The fraction of sp³-hybridized carbons (Fsp3) is 0.889. The van der Waals surface area contributed by atoms with Crippen molar-refractivity contribution in [3.63, 3.8) is 0 Å². The number of carbonyl (C=O) groups excluding carboxylic acids is 1. The summed E-state index contributed by atoms with van der Waals surface area (Å²) >= 11 is 0. The number of methoxy groups -OCH3 is 2. The molecule has 0 radical (unpaired) electrons. The number of hydrogen-bond donors (Lipinski definition) is 2. The van der Waals surface area contributed by atoms with Gasteiger partial charge in [0.25, 0.3) is 5.91 Å². The van der Waals surface area contributed by atoms with Crippen molar-refractivity contribution in [2.45, 2.75) is 13.0 Å². The zero-order valence-corrected chi connectivity index (χ0v) is 9.66. The van der Waals surface area contributed by atoms with E-state index in [0.717, 1.165) is 6.54 Å². The summed E-state index contributed by atoms with van der Waals surface area (Å²) in [5.74, 6) is 4.87. The second-order valence-corrected chi connectivity index (χ2v) is 3.10. The van der Waals surface area contributed by atoms with Crippen LogP contribution in [0.1, 0.15) is 6.92 Å². The molecule has 0 aliphatic carbocycles. The van der Waals surface area contributed by atoms with Crippen LogP contribution in [0.4, 0.5) is 0 Å². The zero-order chi connectivity index (χ0) is 11.7. The number of likely N-dealkylation sites (N-methyl/N-ethyl adjacent to an activating group) is 1. The maximum Gasteiger partial charge on any atom is 0.253 e. The molecule has 0 spiro atoms. The first-order valence-corrected chi connectivity index (χ1v) is 4.93. The topological polar surface area (TPSA) is 76.8 Å². The number of ether oxygens (including phenoxy) is 2. The Morgan fingerprint density at radius 3 is 2.53 bits per heavy atom. The molecule has 0 bridgehead atoms. The number of hydrazine groups is 1. The minimum atomic E-state index is -0.361. The van der Waals surface area contributed by atoms with Gasteiger partial charge < -0.3 is 9.47 Å². The molecule has 3 N–H and O–H groups in total. The number of rotatable bonds is 8. The van der Waals surface area contributed by atoms with Gasteiger partial charge in [-0.1, -0.05) is 6.92 Å². The Bertz CT molecular complexity index is 178. The van der Waals surface area contributed by atoms with Gasteiger partial charge in [-0.25, -0.2) is 5.84 Å². The van der Waals surface area contributed by atoms with Crippen LogP contribution < -0.4 is 11.3 Å². The second kappa shape index (κ2) is 8.60. The van der Waals surface area contributed by atoms with Gasteiger partial charge in [-0.05, 0) is 6.54 Å². The molecule has 6 heteroatoms. The lowest BCUT2D eigenvalue weighted by atomic mass is 10.2. The van der Waals surface area contributed by atoms with E-state index in [4.69, 9.17) is 15.3 Å². The van der Waals surface area contributed by atoms with Gasteiger partial charge in [0.2, 0.25) is 0 Å². The molecule has 0 fully saturated rings. The van der Waals surface area contributed by atoms with E-state index in [2.05, 4.69) is 5.43 Å². The zero-order valence-electron chi connectivity index (χ0n) is 9.66. The fourth-order valence-electron chi connectivity index (χ4n) is 1.34. The third kappa shape index (κ3) is 5.08. The first-order chi connectivity index (χ1) is 7.21. The Morgan fingerprint density at radius 2 is 2.13 bits per heavy atom. The van der Waals surface area contributed by atoms with E-state index in [-0.39, 0.29) is 11.9 Å². The lowest BCUT2D eigenvalue weighted by molar-refractivity contribution is -0.128. The minimum Gasteiger partial charge on any atom is -0.383 e. The van der Waals surface area contributed by atoms with Gasteiger partial charge in [-0.15, -0.1) is 0 Å². The molecule has 0 aliphatic rings. The van der Waals surface area contributed by atoms with Crippen molar-refractivity contribution in [1.29, 1.82) is 0 Å². The molecule has 0 aliphatic heterocycles. The average molecular weight is 219 g/mol. The van der Waals surface area contributed by atoms with E-state index >= 15 is 0 Å². The van der Waals surface area contributed by atoms with Crippen LogP contribution in [-0.2, 0) is 14.3 Å². The Morgan fingerprint density at radius 1 is 1.47 bits per heavy atom. The Hall–Kier alpha value is -0.690. The number of hydrogen-bond acceptors (Lipinski definition) is 5. The normalized spacial score (nSPS) is 12.9. The van der Waals surface area contributed by atoms with E-state index in [1.807, 2.05) is 11.8 Å². The maximum atomic E-state index is 11.5. The molecule has 0 aromatic carbocycles. The monoisotopic (exact) mass is 219 g/mol. The Balaban J connectivity index is 4.32. The van der Waals surface area contributed by atoms with E-state index in [9.17, 15) is 4.79 Å². The van der Waals surface area contributed by atoms with Crippen LogP contribution in [0.5, 0.6) is 0 Å². The van der Waals surface area contributed by atoms with Gasteiger partial charge in [0.15, 0.2) is 0 Å². The molecule has 1 atom stereocenters. The molecule has 90 valence electrons. The van der Waals surface area contributed by atoms with Crippen LogP contribution in [0.2, 0.25) is 0 Å². The summed E-state index contributed by atoms with van der Waals surface area (Å²) in [7, 11) is 3.18. The summed E-state index contributed by atoms with van der Waals surface area (Å²) in [4.78, 5) is 13.4. The van der Waals surface area contributed by atoms with Crippen LogP contribution in [0.15, 0.2) is 0 Å². The van der Waals surface area contributed by atoms with E-state index in [0.29, 0.717) is 19.8 Å². The first kappa shape index (κ1) is 14.3. The number of carbonyl (C=O) groups is 1. The molecular weight excluding hydrogens is 198 g/mol. The largest absolute Gasteiger partial charge is 0.383 e. The highest BCUT2D eigenvalue weighted by Crippen LogP contribution is 2.00. The Kier molecular flexibility index (Phi) is 8.21. The summed E-state index contributed by atoms with van der Waals surface area (Å²) in [6.45, 7) is 4.29. The van der Waals surface area contributed by atoms with Crippen LogP contribution >= 0.6 is 0 Å². The van der Waals surface area contributed by atoms with Gasteiger partial charge in [-0.3, -0.25) is 15.1 Å². The van der Waals surface area contributed by atoms with E-state index in [1.54, 1.807) is 14.2 Å². The van der Waals surface area contributed by atoms with Crippen molar-refractivity contribution >= 4 is 5.91 Å². The molecular formula is C9H21N3O3. The average Bonchev–Trinajstić information content (AvgIpc) is 2.27. The third-order valence-electron chi connectivity index (χ3n) is 2.20. The second-order valence-electron chi connectivity index (χ2n) is 3.10. The van der Waals surface area contributed by atoms with Crippen molar-refractivity contribution in [3.05, 3.63) is 0 Å². The predicted molar refractivity (Wildman–Crippen MR) is 57.1 cm³/mol. The first-order valence-electron chi connectivity index (χ1n) is 4.93. The van der Waals surface area contributed by atoms with Crippen molar-refractivity contribution in [2.24, 2.45) is 5.84 Å². The predicted octanol–water partition coefficient (Wildman–Crippen LogP) is -1.04.